The highest BCUT2D eigenvalue weighted by Crippen LogP contribution is 2.24. The SMILES string of the molecule is CCn1c(C)nnc1SCCNC(=O)Nc1ccc2nc(C)sc2c1. The zero-order chi connectivity index (χ0) is 17.8. The van der Waals surface area contributed by atoms with Crippen molar-refractivity contribution in [2.75, 3.05) is 17.6 Å². The Morgan fingerprint density at radius 3 is 2.96 bits per heavy atom. The Hall–Kier alpha value is -2.13. The van der Waals surface area contributed by atoms with Crippen molar-refractivity contribution < 1.29 is 4.79 Å². The van der Waals surface area contributed by atoms with Crippen molar-refractivity contribution in [2.45, 2.75) is 32.5 Å². The molecular weight excluding hydrogens is 356 g/mol. The maximum atomic E-state index is 12.0. The van der Waals surface area contributed by atoms with E-state index in [0.29, 0.717) is 6.54 Å². The first-order valence-corrected chi connectivity index (χ1v) is 9.81. The van der Waals surface area contributed by atoms with E-state index in [4.69, 9.17) is 0 Å². The fourth-order valence-electron chi connectivity index (χ4n) is 2.43. The van der Waals surface area contributed by atoms with E-state index in [2.05, 4.69) is 37.3 Å². The summed E-state index contributed by atoms with van der Waals surface area (Å²) in [7, 11) is 0. The number of hydrogen-bond acceptors (Lipinski definition) is 6. The zero-order valence-electron chi connectivity index (χ0n) is 14.4. The predicted molar refractivity (Wildman–Crippen MR) is 103 cm³/mol. The van der Waals surface area contributed by atoms with Crippen LogP contribution in [0.1, 0.15) is 17.8 Å². The number of anilines is 1. The van der Waals surface area contributed by atoms with Crippen molar-refractivity contribution in [2.24, 2.45) is 0 Å². The summed E-state index contributed by atoms with van der Waals surface area (Å²) in [5, 5.41) is 15.8. The third-order valence-corrected chi connectivity index (χ3v) is 5.49. The fourth-order valence-corrected chi connectivity index (χ4v) is 4.20. The second kappa shape index (κ2) is 7.83. The minimum absolute atomic E-state index is 0.214. The van der Waals surface area contributed by atoms with E-state index < -0.39 is 0 Å². The molecule has 9 heteroatoms. The maximum Gasteiger partial charge on any atom is 0.319 e. The molecule has 0 radical (unpaired) electrons. The van der Waals surface area contributed by atoms with Crippen molar-refractivity contribution >= 4 is 45.0 Å². The molecule has 0 aliphatic carbocycles. The van der Waals surface area contributed by atoms with Crippen LogP contribution in [-0.4, -0.2) is 38.1 Å². The lowest BCUT2D eigenvalue weighted by molar-refractivity contribution is 0.252. The Bertz CT molecular complexity index is 888. The van der Waals surface area contributed by atoms with E-state index >= 15 is 0 Å². The first-order chi connectivity index (χ1) is 12.1. The summed E-state index contributed by atoms with van der Waals surface area (Å²) in [6.45, 7) is 7.37. The van der Waals surface area contributed by atoms with Gasteiger partial charge in [-0.3, -0.25) is 0 Å². The van der Waals surface area contributed by atoms with Crippen LogP contribution >= 0.6 is 23.1 Å². The molecule has 0 saturated carbocycles. The highest BCUT2D eigenvalue weighted by atomic mass is 32.2. The van der Waals surface area contributed by atoms with Crippen molar-refractivity contribution in [1.29, 1.82) is 0 Å². The molecule has 1 aromatic carbocycles. The van der Waals surface area contributed by atoms with E-state index in [9.17, 15) is 4.79 Å². The number of carbonyl (C=O) groups is 1. The van der Waals surface area contributed by atoms with Crippen LogP contribution in [0.15, 0.2) is 23.4 Å². The van der Waals surface area contributed by atoms with Crippen molar-refractivity contribution in [3.63, 3.8) is 0 Å². The number of carbonyl (C=O) groups excluding carboxylic acids is 1. The molecule has 0 unspecified atom stereocenters. The monoisotopic (exact) mass is 376 g/mol. The molecule has 132 valence electrons. The molecular formula is C16H20N6OS2. The minimum atomic E-state index is -0.214. The predicted octanol–water partition coefficient (Wildman–Crippen LogP) is 3.44. The Labute approximate surface area is 154 Å². The van der Waals surface area contributed by atoms with Gasteiger partial charge < -0.3 is 15.2 Å². The lowest BCUT2D eigenvalue weighted by Gasteiger charge is -2.08. The normalized spacial score (nSPS) is 11.0. The average molecular weight is 377 g/mol. The van der Waals surface area contributed by atoms with Crippen molar-refractivity contribution in [3.05, 3.63) is 29.0 Å². The number of hydrogen-bond donors (Lipinski definition) is 2. The van der Waals surface area contributed by atoms with Gasteiger partial charge >= 0.3 is 6.03 Å². The summed E-state index contributed by atoms with van der Waals surface area (Å²) in [4.78, 5) is 16.4. The zero-order valence-corrected chi connectivity index (χ0v) is 16.0. The van der Waals surface area contributed by atoms with Crippen LogP contribution in [0.25, 0.3) is 10.2 Å². The van der Waals surface area contributed by atoms with Crippen LogP contribution in [0.3, 0.4) is 0 Å². The topological polar surface area (TPSA) is 84.7 Å². The van der Waals surface area contributed by atoms with E-state index in [1.165, 1.54) is 0 Å². The minimum Gasteiger partial charge on any atom is -0.337 e. The molecule has 3 rings (SSSR count). The Morgan fingerprint density at radius 1 is 1.32 bits per heavy atom. The summed E-state index contributed by atoms with van der Waals surface area (Å²) >= 11 is 3.20. The quantitative estimate of drug-likeness (QED) is 0.508. The second-order valence-corrected chi connectivity index (χ2v) is 7.72. The summed E-state index contributed by atoms with van der Waals surface area (Å²) in [5.74, 6) is 1.64. The molecule has 0 atom stereocenters. The van der Waals surface area contributed by atoms with Crippen LogP contribution < -0.4 is 10.6 Å². The number of nitrogens with one attached hydrogen (secondary N) is 2. The van der Waals surface area contributed by atoms with Crippen LogP contribution in [0.2, 0.25) is 0 Å². The largest absolute Gasteiger partial charge is 0.337 e. The van der Waals surface area contributed by atoms with Gasteiger partial charge in [0.1, 0.15) is 5.82 Å². The highest BCUT2D eigenvalue weighted by molar-refractivity contribution is 7.99. The first kappa shape index (κ1) is 17.7. The summed E-state index contributed by atoms with van der Waals surface area (Å²) in [5.41, 5.74) is 1.72. The molecule has 0 bridgehead atoms. The van der Waals surface area contributed by atoms with Gasteiger partial charge in [-0.1, -0.05) is 11.8 Å². The summed E-state index contributed by atoms with van der Waals surface area (Å²) in [6, 6.07) is 5.52. The third-order valence-electron chi connectivity index (χ3n) is 3.59. The molecule has 25 heavy (non-hydrogen) atoms. The third kappa shape index (κ3) is 4.29. The van der Waals surface area contributed by atoms with Gasteiger partial charge in [0.2, 0.25) is 0 Å². The number of nitrogens with zero attached hydrogens (tertiary/aromatic N) is 4. The van der Waals surface area contributed by atoms with Gasteiger partial charge in [0.25, 0.3) is 0 Å². The number of amides is 2. The standard InChI is InChI=1S/C16H20N6OS2/c1-4-22-10(2)20-21-16(22)24-8-7-17-15(23)19-12-5-6-13-14(9-12)25-11(3)18-13/h5-6,9H,4,7-8H2,1-3H3,(H2,17,19,23). The highest BCUT2D eigenvalue weighted by Gasteiger charge is 2.08. The lowest BCUT2D eigenvalue weighted by atomic mass is 10.3. The van der Waals surface area contributed by atoms with Gasteiger partial charge in [0, 0.05) is 24.5 Å². The van der Waals surface area contributed by atoms with Gasteiger partial charge in [-0.15, -0.1) is 21.5 Å². The maximum absolute atomic E-state index is 12.0. The number of aryl methyl sites for hydroxylation is 2. The number of thioether (sulfide) groups is 1. The molecule has 0 aliphatic rings. The number of rotatable bonds is 6. The molecule has 0 saturated heterocycles. The number of benzene rings is 1. The molecule has 0 aliphatic heterocycles. The Kier molecular flexibility index (Phi) is 5.54. The van der Waals surface area contributed by atoms with Gasteiger partial charge in [0.15, 0.2) is 5.16 Å². The van der Waals surface area contributed by atoms with E-state index in [-0.39, 0.29) is 6.03 Å². The van der Waals surface area contributed by atoms with E-state index in [1.54, 1.807) is 23.1 Å². The van der Waals surface area contributed by atoms with Gasteiger partial charge in [-0.2, -0.15) is 0 Å². The van der Waals surface area contributed by atoms with Crippen LogP contribution in [0.4, 0.5) is 10.5 Å². The van der Waals surface area contributed by atoms with Crippen LogP contribution in [-0.2, 0) is 6.54 Å². The van der Waals surface area contributed by atoms with Gasteiger partial charge in [-0.25, -0.2) is 9.78 Å². The Balaban J connectivity index is 1.47. The van der Waals surface area contributed by atoms with Crippen molar-refractivity contribution in [3.8, 4) is 0 Å². The summed E-state index contributed by atoms with van der Waals surface area (Å²) in [6.07, 6.45) is 0. The Morgan fingerprint density at radius 2 is 2.16 bits per heavy atom. The molecule has 2 heterocycles. The van der Waals surface area contributed by atoms with Crippen LogP contribution in [0, 0.1) is 13.8 Å². The molecule has 0 spiro atoms. The van der Waals surface area contributed by atoms with E-state index in [0.717, 1.165) is 44.2 Å². The number of thiazole rings is 1. The average Bonchev–Trinajstić information content (AvgIpc) is 3.12. The van der Waals surface area contributed by atoms with E-state index in [1.807, 2.05) is 32.0 Å². The molecule has 3 aromatic rings. The molecule has 2 aromatic heterocycles. The number of fused-ring (bicyclic) bond motifs is 1. The molecule has 7 nitrogen and oxygen atoms in total. The fraction of sp³-hybridized carbons (Fsp3) is 0.375. The van der Waals surface area contributed by atoms with Gasteiger partial charge in [-0.05, 0) is 39.0 Å². The number of urea groups is 1. The second-order valence-electron chi connectivity index (χ2n) is 5.42. The van der Waals surface area contributed by atoms with Crippen molar-refractivity contribution in [1.82, 2.24) is 25.1 Å². The summed E-state index contributed by atoms with van der Waals surface area (Å²) < 4.78 is 3.12. The molecule has 2 N–H and O–H groups in total. The smallest absolute Gasteiger partial charge is 0.319 e. The first-order valence-electron chi connectivity index (χ1n) is 8.01. The molecule has 0 fully saturated rings. The molecule has 2 amide bonds. The van der Waals surface area contributed by atoms with Crippen LogP contribution in [0.5, 0.6) is 0 Å². The number of aromatic nitrogens is 4. The van der Waals surface area contributed by atoms with Gasteiger partial charge in [0.05, 0.1) is 15.2 Å². The lowest BCUT2D eigenvalue weighted by Crippen LogP contribution is -2.30.